The van der Waals surface area contributed by atoms with Crippen LogP contribution in [-0.4, -0.2) is 5.78 Å². The van der Waals surface area contributed by atoms with Gasteiger partial charge in [0.05, 0.1) is 5.39 Å². The van der Waals surface area contributed by atoms with Crippen molar-refractivity contribution in [3.05, 3.63) is 70.1 Å². The molecule has 3 aromatic rings. The first-order chi connectivity index (χ1) is 11.7. The van der Waals surface area contributed by atoms with E-state index < -0.39 is 17.4 Å². The number of hydrogen-bond donors (Lipinski definition) is 0. The second-order valence-electron chi connectivity index (χ2n) is 5.31. The highest BCUT2D eigenvalue weighted by molar-refractivity contribution is 5.94. The molecular weight excluding hydrogens is 337 g/mol. The predicted octanol–water partition coefficient (Wildman–Crippen LogP) is 4.81. The molecule has 0 unspecified atom stereocenters. The SMILES string of the molecule is CC(=O)c1ccc(Oc2ccc3c(=O)cc(C(F)(F)F)oc3c2)cc1. The molecule has 0 radical (unpaired) electrons. The predicted molar refractivity (Wildman–Crippen MR) is 84.0 cm³/mol. The van der Waals surface area contributed by atoms with Crippen LogP contribution in [0, 0.1) is 0 Å². The number of carbonyl (C=O) groups is 1. The molecule has 0 bridgehead atoms. The first kappa shape index (κ1) is 16.8. The van der Waals surface area contributed by atoms with Crippen LogP contribution in [-0.2, 0) is 6.18 Å². The van der Waals surface area contributed by atoms with Crippen LogP contribution in [0.15, 0.2) is 57.7 Å². The molecule has 3 rings (SSSR count). The lowest BCUT2D eigenvalue weighted by atomic mass is 10.1. The quantitative estimate of drug-likeness (QED) is 0.638. The number of ketones is 1. The molecule has 1 heterocycles. The lowest BCUT2D eigenvalue weighted by Gasteiger charge is -2.09. The van der Waals surface area contributed by atoms with Gasteiger partial charge in [-0.1, -0.05) is 0 Å². The van der Waals surface area contributed by atoms with E-state index in [0.29, 0.717) is 17.4 Å². The lowest BCUT2D eigenvalue weighted by molar-refractivity contribution is -0.152. The molecule has 2 aromatic carbocycles. The van der Waals surface area contributed by atoms with Gasteiger partial charge in [0, 0.05) is 17.7 Å². The van der Waals surface area contributed by atoms with Crippen LogP contribution in [0.2, 0.25) is 0 Å². The number of Topliss-reactive ketones (excluding diaryl/α,β-unsaturated/α-hetero) is 1. The van der Waals surface area contributed by atoms with E-state index >= 15 is 0 Å². The van der Waals surface area contributed by atoms with E-state index in [1.807, 2.05) is 0 Å². The number of alkyl halides is 3. The van der Waals surface area contributed by atoms with E-state index in [1.165, 1.54) is 25.1 Å². The molecule has 0 spiro atoms. The van der Waals surface area contributed by atoms with Crippen molar-refractivity contribution in [1.82, 2.24) is 0 Å². The fourth-order valence-electron chi connectivity index (χ4n) is 2.23. The normalized spacial score (nSPS) is 11.5. The standard InChI is InChI=1S/C18H11F3O4/c1-10(22)11-2-4-12(5-3-11)24-13-6-7-14-15(23)9-17(18(19,20)21)25-16(14)8-13/h2-9H,1H3. The van der Waals surface area contributed by atoms with E-state index in [2.05, 4.69) is 0 Å². The van der Waals surface area contributed by atoms with Crippen molar-refractivity contribution in [2.45, 2.75) is 13.1 Å². The van der Waals surface area contributed by atoms with Crippen LogP contribution in [0.1, 0.15) is 23.0 Å². The van der Waals surface area contributed by atoms with Crippen LogP contribution in [0.25, 0.3) is 11.0 Å². The lowest BCUT2D eigenvalue weighted by Crippen LogP contribution is -2.10. The zero-order valence-electron chi connectivity index (χ0n) is 12.9. The van der Waals surface area contributed by atoms with Gasteiger partial charge in [-0.15, -0.1) is 0 Å². The summed E-state index contributed by atoms with van der Waals surface area (Å²) in [4.78, 5) is 23.0. The third-order valence-corrected chi connectivity index (χ3v) is 3.48. The summed E-state index contributed by atoms with van der Waals surface area (Å²) in [5.74, 6) is -0.879. The number of fused-ring (bicyclic) bond motifs is 1. The Morgan fingerprint density at radius 1 is 1.00 bits per heavy atom. The Kier molecular flexibility index (Phi) is 4.08. The minimum absolute atomic E-state index is 0.0206. The van der Waals surface area contributed by atoms with Gasteiger partial charge in [0.15, 0.2) is 11.2 Å². The Bertz CT molecular complexity index is 1000. The van der Waals surface area contributed by atoms with E-state index in [4.69, 9.17) is 9.15 Å². The maximum atomic E-state index is 12.8. The molecule has 1 aromatic heterocycles. The Balaban J connectivity index is 1.97. The first-order valence-electron chi connectivity index (χ1n) is 7.18. The van der Waals surface area contributed by atoms with Crippen molar-refractivity contribution in [2.75, 3.05) is 0 Å². The average Bonchev–Trinajstić information content (AvgIpc) is 2.54. The van der Waals surface area contributed by atoms with Gasteiger partial charge in [0.2, 0.25) is 5.76 Å². The Morgan fingerprint density at radius 2 is 1.64 bits per heavy atom. The molecule has 25 heavy (non-hydrogen) atoms. The Hall–Kier alpha value is -3.09. The molecule has 0 saturated carbocycles. The third-order valence-electron chi connectivity index (χ3n) is 3.48. The molecule has 4 nitrogen and oxygen atoms in total. The second-order valence-corrected chi connectivity index (χ2v) is 5.31. The maximum Gasteiger partial charge on any atom is 0.449 e. The number of carbonyl (C=O) groups excluding carboxylic acids is 1. The van der Waals surface area contributed by atoms with Crippen LogP contribution in [0.5, 0.6) is 11.5 Å². The van der Waals surface area contributed by atoms with Crippen molar-refractivity contribution in [3.8, 4) is 11.5 Å². The molecule has 0 fully saturated rings. The van der Waals surface area contributed by atoms with Crippen molar-refractivity contribution < 1.29 is 27.1 Å². The van der Waals surface area contributed by atoms with Crippen molar-refractivity contribution in [1.29, 1.82) is 0 Å². The molecule has 0 aliphatic carbocycles. The zero-order chi connectivity index (χ0) is 18.2. The largest absolute Gasteiger partial charge is 0.457 e. The van der Waals surface area contributed by atoms with Crippen molar-refractivity contribution in [2.24, 2.45) is 0 Å². The summed E-state index contributed by atoms with van der Waals surface area (Å²) in [5.41, 5.74) is -0.504. The summed E-state index contributed by atoms with van der Waals surface area (Å²) in [7, 11) is 0. The highest BCUT2D eigenvalue weighted by Crippen LogP contribution is 2.31. The van der Waals surface area contributed by atoms with E-state index in [0.717, 1.165) is 0 Å². The Labute approximate surface area is 139 Å². The maximum absolute atomic E-state index is 12.8. The molecule has 0 N–H and O–H groups in total. The van der Waals surface area contributed by atoms with Crippen LogP contribution in [0.4, 0.5) is 13.2 Å². The van der Waals surface area contributed by atoms with Gasteiger partial charge < -0.3 is 9.15 Å². The fraction of sp³-hybridized carbons (Fsp3) is 0.111. The molecule has 0 aliphatic rings. The average molecular weight is 348 g/mol. The highest BCUT2D eigenvalue weighted by atomic mass is 19.4. The summed E-state index contributed by atoms with van der Waals surface area (Å²) >= 11 is 0. The second kappa shape index (κ2) is 6.08. The zero-order valence-corrected chi connectivity index (χ0v) is 12.9. The summed E-state index contributed by atoms with van der Waals surface area (Å²) in [5, 5.41) is 0.0206. The van der Waals surface area contributed by atoms with Gasteiger partial charge in [-0.2, -0.15) is 13.2 Å². The van der Waals surface area contributed by atoms with Crippen molar-refractivity contribution >= 4 is 16.8 Å². The molecule has 0 aliphatic heterocycles. The van der Waals surface area contributed by atoms with Crippen LogP contribution < -0.4 is 10.2 Å². The number of benzene rings is 2. The van der Waals surface area contributed by atoms with Crippen LogP contribution >= 0.6 is 0 Å². The first-order valence-corrected chi connectivity index (χ1v) is 7.18. The molecule has 0 atom stereocenters. The van der Waals surface area contributed by atoms with E-state index in [1.54, 1.807) is 24.3 Å². The number of ether oxygens (including phenoxy) is 1. The summed E-state index contributed by atoms with van der Waals surface area (Å²) < 4.78 is 48.6. The number of halogens is 3. The monoisotopic (exact) mass is 348 g/mol. The van der Waals surface area contributed by atoms with Crippen molar-refractivity contribution in [3.63, 3.8) is 0 Å². The molecule has 0 saturated heterocycles. The minimum atomic E-state index is -4.76. The topological polar surface area (TPSA) is 56.5 Å². The van der Waals surface area contributed by atoms with E-state index in [-0.39, 0.29) is 22.5 Å². The van der Waals surface area contributed by atoms with Gasteiger partial charge in [-0.3, -0.25) is 9.59 Å². The van der Waals surface area contributed by atoms with E-state index in [9.17, 15) is 22.8 Å². The van der Waals surface area contributed by atoms with Gasteiger partial charge in [-0.05, 0) is 43.3 Å². The van der Waals surface area contributed by atoms with Gasteiger partial charge >= 0.3 is 6.18 Å². The Morgan fingerprint density at radius 3 is 2.24 bits per heavy atom. The summed E-state index contributed by atoms with van der Waals surface area (Å²) in [6.07, 6.45) is -4.76. The van der Waals surface area contributed by atoms with Gasteiger partial charge in [0.1, 0.15) is 17.1 Å². The molecule has 128 valence electrons. The van der Waals surface area contributed by atoms with Gasteiger partial charge in [0.25, 0.3) is 0 Å². The van der Waals surface area contributed by atoms with Gasteiger partial charge in [-0.25, -0.2) is 0 Å². The smallest absolute Gasteiger partial charge is 0.449 e. The number of rotatable bonds is 3. The molecule has 0 amide bonds. The minimum Gasteiger partial charge on any atom is -0.457 e. The third kappa shape index (κ3) is 3.55. The summed E-state index contributed by atoms with van der Waals surface area (Å²) in [6, 6.07) is 10.7. The molecule has 7 heteroatoms. The fourth-order valence-corrected chi connectivity index (χ4v) is 2.23. The highest BCUT2D eigenvalue weighted by Gasteiger charge is 2.34. The number of hydrogen-bond acceptors (Lipinski definition) is 4. The summed E-state index contributed by atoms with van der Waals surface area (Å²) in [6.45, 7) is 1.43. The van der Waals surface area contributed by atoms with Crippen LogP contribution in [0.3, 0.4) is 0 Å². The molecular formula is C18H11F3O4.